The van der Waals surface area contributed by atoms with Crippen LogP contribution in [0.3, 0.4) is 0 Å². The summed E-state index contributed by atoms with van der Waals surface area (Å²) in [4.78, 5) is 0. The summed E-state index contributed by atoms with van der Waals surface area (Å²) in [5.74, 6) is 0. The standard InChI is InChI=1S/CH2S3.Ca.2H/c2-1(3)4;;;/h(H2,2,3,4);;;/q;+2;2*-1. The Kier molecular flexibility index (Phi) is 12.2. The van der Waals surface area contributed by atoms with Crippen LogP contribution >= 0.6 is 37.5 Å². The second kappa shape index (κ2) is 6.05. The van der Waals surface area contributed by atoms with E-state index in [9.17, 15) is 0 Å². The van der Waals surface area contributed by atoms with Gasteiger partial charge in [-0.2, -0.15) is 0 Å². The van der Waals surface area contributed by atoms with E-state index in [1.807, 2.05) is 0 Å². The summed E-state index contributed by atoms with van der Waals surface area (Å²) in [5.41, 5.74) is 0. The molecule has 0 saturated carbocycles. The molecule has 0 aliphatic heterocycles. The van der Waals surface area contributed by atoms with Gasteiger partial charge in [0.15, 0.2) is 0 Å². The fourth-order valence-corrected chi connectivity index (χ4v) is 0. The van der Waals surface area contributed by atoms with Gasteiger partial charge in [0, 0.05) is 0 Å². The molecule has 0 rings (SSSR count). The zero-order valence-corrected chi connectivity index (χ0v) is 7.32. The van der Waals surface area contributed by atoms with E-state index in [0.717, 1.165) is 0 Å². The van der Waals surface area contributed by atoms with Crippen molar-refractivity contribution in [1.29, 1.82) is 0 Å². The average Bonchev–Trinajstić information content (AvgIpc) is 0.811. The van der Waals surface area contributed by atoms with Crippen molar-refractivity contribution in [1.82, 2.24) is 0 Å². The molecule has 0 unspecified atom stereocenters. The van der Waals surface area contributed by atoms with Gasteiger partial charge in [0.1, 0.15) is 0 Å². The summed E-state index contributed by atoms with van der Waals surface area (Å²) in [6.45, 7) is 0. The van der Waals surface area contributed by atoms with E-state index in [-0.39, 0.29) is 40.6 Å². The predicted molar refractivity (Wildman–Crippen MR) is 38.5 cm³/mol. The molecular formula is CH4CaS3. The van der Waals surface area contributed by atoms with Crippen molar-refractivity contribution in [2.24, 2.45) is 0 Å². The van der Waals surface area contributed by atoms with Crippen molar-refractivity contribution in [3.05, 3.63) is 0 Å². The number of thiol groups is 2. The van der Waals surface area contributed by atoms with Gasteiger partial charge in [-0.1, -0.05) is 12.2 Å². The van der Waals surface area contributed by atoms with Gasteiger partial charge in [-0.3, -0.25) is 0 Å². The maximum Gasteiger partial charge on any atom is 2.00 e. The quantitative estimate of drug-likeness (QED) is 0.296. The van der Waals surface area contributed by atoms with Crippen LogP contribution < -0.4 is 0 Å². The van der Waals surface area contributed by atoms with Crippen LogP contribution in [0.15, 0.2) is 0 Å². The van der Waals surface area contributed by atoms with Gasteiger partial charge in [0.05, 0.1) is 3.53 Å². The Bertz CT molecular complexity index is 35.9. The Labute approximate surface area is 80.5 Å². The van der Waals surface area contributed by atoms with Crippen molar-refractivity contribution >= 4 is 78.7 Å². The third kappa shape index (κ3) is 23.6. The molecule has 5 heavy (non-hydrogen) atoms. The van der Waals surface area contributed by atoms with Crippen LogP contribution in [0.25, 0.3) is 0 Å². The summed E-state index contributed by atoms with van der Waals surface area (Å²) >= 11 is 11.4. The maximum absolute atomic E-state index is 4.27. The molecule has 0 fully saturated rings. The van der Waals surface area contributed by atoms with E-state index < -0.39 is 0 Å². The first-order valence-corrected chi connectivity index (χ1v) is 1.95. The van der Waals surface area contributed by atoms with Crippen molar-refractivity contribution in [2.75, 3.05) is 0 Å². The van der Waals surface area contributed by atoms with Gasteiger partial charge >= 0.3 is 37.7 Å². The van der Waals surface area contributed by atoms with E-state index >= 15 is 0 Å². The summed E-state index contributed by atoms with van der Waals surface area (Å²) in [6, 6.07) is 0. The predicted octanol–water partition coefficient (Wildman–Crippen LogP) is 0.975. The zero-order valence-electron chi connectivity index (χ0n) is 4.51. The summed E-state index contributed by atoms with van der Waals surface area (Å²) < 4.78 is 0.389. The molecule has 0 atom stereocenters. The Morgan fingerprint density at radius 2 is 1.60 bits per heavy atom. The number of rotatable bonds is 0. The molecule has 0 bridgehead atoms. The maximum atomic E-state index is 4.27. The fourth-order valence-electron chi connectivity index (χ4n) is 0. The summed E-state index contributed by atoms with van der Waals surface area (Å²) in [5, 5.41) is 0. The fraction of sp³-hybridized carbons (Fsp3) is 0. The van der Waals surface area contributed by atoms with Crippen LogP contribution in [0.2, 0.25) is 0 Å². The minimum absolute atomic E-state index is 0. The smallest absolute Gasteiger partial charge is 1.00 e. The average molecular weight is 152 g/mol. The first kappa shape index (κ1) is 10.1. The Morgan fingerprint density at radius 3 is 1.60 bits per heavy atom. The second-order valence-corrected chi connectivity index (χ2v) is 2.54. The van der Waals surface area contributed by atoms with Crippen LogP contribution in [0, 0.1) is 0 Å². The molecular weight excluding hydrogens is 148 g/mol. The van der Waals surface area contributed by atoms with E-state index in [0.29, 0.717) is 3.53 Å². The third-order valence-electron chi connectivity index (χ3n) is 0. The minimum atomic E-state index is 0. The van der Waals surface area contributed by atoms with Crippen LogP contribution in [0.1, 0.15) is 2.85 Å². The van der Waals surface area contributed by atoms with Crippen molar-refractivity contribution in [3.8, 4) is 0 Å². The van der Waals surface area contributed by atoms with Crippen LogP contribution in [0.4, 0.5) is 0 Å². The van der Waals surface area contributed by atoms with Crippen molar-refractivity contribution < 1.29 is 2.85 Å². The normalized spacial score (nSPS) is 5.20. The van der Waals surface area contributed by atoms with Gasteiger partial charge in [0.2, 0.25) is 0 Å². The number of hydrogen-bond acceptors (Lipinski definition) is 1. The first-order valence-electron chi connectivity index (χ1n) is 0.651. The van der Waals surface area contributed by atoms with Crippen LogP contribution in [-0.4, -0.2) is 41.3 Å². The molecule has 0 aromatic heterocycles. The monoisotopic (exact) mass is 152 g/mol. The van der Waals surface area contributed by atoms with Crippen molar-refractivity contribution in [2.45, 2.75) is 0 Å². The first-order chi connectivity index (χ1) is 1.73. The molecule has 0 amide bonds. The molecule has 0 radical (unpaired) electrons. The Morgan fingerprint density at radius 1 is 1.60 bits per heavy atom. The molecule has 0 aromatic carbocycles. The van der Waals surface area contributed by atoms with E-state index in [1.54, 1.807) is 0 Å². The van der Waals surface area contributed by atoms with Gasteiger partial charge in [0.25, 0.3) is 0 Å². The number of thiocarbonyl (C=S) groups is 1. The molecule has 0 aliphatic rings. The van der Waals surface area contributed by atoms with E-state index in [4.69, 9.17) is 0 Å². The molecule has 0 heterocycles. The van der Waals surface area contributed by atoms with Gasteiger partial charge < -0.3 is 2.85 Å². The molecule has 0 saturated heterocycles. The zero-order chi connectivity index (χ0) is 3.58. The minimum Gasteiger partial charge on any atom is -1.00 e. The Hall–Kier alpha value is 2.05. The molecule has 0 nitrogen and oxygen atoms in total. The van der Waals surface area contributed by atoms with Crippen LogP contribution in [0.5, 0.6) is 0 Å². The Balaban J connectivity index is -0.0000000150. The number of hydrogen-bond donors (Lipinski definition) is 2. The summed E-state index contributed by atoms with van der Waals surface area (Å²) in [7, 11) is 0. The van der Waals surface area contributed by atoms with Gasteiger partial charge in [-0.05, 0) is 0 Å². The molecule has 28 valence electrons. The largest absolute Gasteiger partial charge is 2.00 e. The van der Waals surface area contributed by atoms with Gasteiger partial charge in [-0.25, -0.2) is 0 Å². The summed E-state index contributed by atoms with van der Waals surface area (Å²) in [6.07, 6.45) is 0. The topological polar surface area (TPSA) is 0 Å². The molecule has 0 aliphatic carbocycles. The molecule has 0 N–H and O–H groups in total. The molecule has 4 heteroatoms. The van der Waals surface area contributed by atoms with Crippen LogP contribution in [-0.2, 0) is 0 Å². The molecule has 0 spiro atoms. The van der Waals surface area contributed by atoms with E-state index in [2.05, 4.69) is 37.5 Å². The second-order valence-electron chi connectivity index (χ2n) is 0.283. The third-order valence-corrected chi connectivity index (χ3v) is 0. The SMILES string of the molecule is S=C(S)S.[Ca+2].[H-].[H-]. The van der Waals surface area contributed by atoms with E-state index in [1.165, 1.54) is 0 Å². The van der Waals surface area contributed by atoms with Gasteiger partial charge in [-0.15, -0.1) is 25.3 Å². The molecule has 0 aromatic rings. The van der Waals surface area contributed by atoms with Crippen molar-refractivity contribution in [3.63, 3.8) is 0 Å².